The van der Waals surface area contributed by atoms with Gasteiger partial charge in [-0.25, -0.2) is 4.98 Å². The molecule has 0 atom stereocenters. The molecule has 1 N–H and O–H groups in total. The molecule has 0 fully saturated rings. The third-order valence-electron chi connectivity index (χ3n) is 4.77. The molecule has 0 radical (unpaired) electrons. The van der Waals surface area contributed by atoms with Crippen molar-refractivity contribution in [3.63, 3.8) is 0 Å². The van der Waals surface area contributed by atoms with E-state index in [1.165, 1.54) is 0 Å². The minimum absolute atomic E-state index is 0.0408. The highest BCUT2D eigenvalue weighted by atomic mass is 32.1. The van der Waals surface area contributed by atoms with Crippen molar-refractivity contribution in [3.05, 3.63) is 62.9 Å². The number of hydrogen-bond donors (Lipinski definition) is 1. The number of H-pyrrole nitrogens is 1. The molecule has 0 spiro atoms. The van der Waals surface area contributed by atoms with Crippen LogP contribution in [0, 0.1) is 0 Å². The Morgan fingerprint density at radius 2 is 2.19 bits per heavy atom. The third kappa shape index (κ3) is 2.69. The molecule has 26 heavy (non-hydrogen) atoms. The van der Waals surface area contributed by atoms with Crippen molar-refractivity contribution in [2.24, 2.45) is 0 Å². The van der Waals surface area contributed by atoms with Gasteiger partial charge in [0.2, 0.25) is 6.79 Å². The van der Waals surface area contributed by atoms with Gasteiger partial charge in [0.25, 0.3) is 5.56 Å². The summed E-state index contributed by atoms with van der Waals surface area (Å²) in [7, 11) is 0. The second-order valence-corrected chi connectivity index (χ2v) is 7.38. The van der Waals surface area contributed by atoms with Gasteiger partial charge in [0.1, 0.15) is 0 Å². The summed E-state index contributed by atoms with van der Waals surface area (Å²) in [6.07, 6.45) is 0.768. The molecule has 2 aliphatic heterocycles. The van der Waals surface area contributed by atoms with Crippen molar-refractivity contribution in [2.75, 3.05) is 13.3 Å². The van der Waals surface area contributed by atoms with Gasteiger partial charge in [-0.15, -0.1) is 11.3 Å². The van der Waals surface area contributed by atoms with Crippen LogP contribution in [0.5, 0.6) is 11.5 Å². The highest BCUT2D eigenvalue weighted by Gasteiger charge is 2.24. The lowest BCUT2D eigenvalue weighted by atomic mass is 10.1. The molecule has 0 saturated heterocycles. The van der Waals surface area contributed by atoms with E-state index in [1.807, 2.05) is 35.7 Å². The van der Waals surface area contributed by atoms with E-state index in [9.17, 15) is 4.79 Å². The summed E-state index contributed by atoms with van der Waals surface area (Å²) in [5.74, 6) is 2.28. The summed E-state index contributed by atoms with van der Waals surface area (Å²) in [6.45, 7) is 2.44. The number of nitrogens with zero attached hydrogens (tertiary/aromatic N) is 2. The quantitative estimate of drug-likeness (QED) is 0.771. The molecule has 2 aromatic heterocycles. The second-order valence-electron chi connectivity index (χ2n) is 6.43. The van der Waals surface area contributed by atoms with Crippen LogP contribution in [0.4, 0.5) is 0 Å². The fourth-order valence-electron chi connectivity index (χ4n) is 3.50. The fraction of sp³-hybridized carbons (Fsp3) is 0.263. The number of fused-ring (bicyclic) bond motifs is 2. The number of hydrogen-bond acceptors (Lipinski definition) is 6. The molecule has 1 aromatic carbocycles. The van der Waals surface area contributed by atoms with Crippen LogP contribution in [0.15, 0.2) is 40.5 Å². The average molecular weight is 367 g/mol. The van der Waals surface area contributed by atoms with Crippen molar-refractivity contribution >= 4 is 11.3 Å². The Morgan fingerprint density at radius 1 is 1.23 bits per heavy atom. The van der Waals surface area contributed by atoms with Crippen molar-refractivity contribution < 1.29 is 9.47 Å². The zero-order valence-electron chi connectivity index (χ0n) is 14.0. The Labute approximate surface area is 154 Å². The molecule has 132 valence electrons. The number of nitrogens with one attached hydrogen (secondary N) is 1. The summed E-state index contributed by atoms with van der Waals surface area (Å²) in [6, 6.07) is 9.87. The van der Waals surface area contributed by atoms with Crippen LogP contribution < -0.4 is 15.0 Å². The smallest absolute Gasteiger partial charge is 0.255 e. The fourth-order valence-corrected chi connectivity index (χ4v) is 4.17. The number of rotatable bonds is 3. The topological polar surface area (TPSA) is 67.5 Å². The Bertz CT molecular complexity index is 1010. The Kier molecular flexibility index (Phi) is 3.76. The summed E-state index contributed by atoms with van der Waals surface area (Å²) in [5.41, 5.74) is 2.72. The lowest BCUT2D eigenvalue weighted by molar-refractivity contribution is 0.171. The van der Waals surface area contributed by atoms with E-state index in [2.05, 4.69) is 9.88 Å². The minimum Gasteiger partial charge on any atom is -0.454 e. The maximum atomic E-state index is 12.6. The maximum Gasteiger partial charge on any atom is 0.255 e. The van der Waals surface area contributed by atoms with Gasteiger partial charge in [-0.1, -0.05) is 18.2 Å². The summed E-state index contributed by atoms with van der Waals surface area (Å²) in [5, 5.41) is 1.99. The largest absolute Gasteiger partial charge is 0.454 e. The standard InChI is InChI=1S/C19H17N3O3S/c23-19-13-10-22(9-12-3-1-4-15-17(12)25-11-24-15)7-6-14(13)20-18(21-19)16-5-2-8-26-16/h1-5,8H,6-7,9-11H2,(H,20,21,23). The van der Waals surface area contributed by atoms with E-state index < -0.39 is 0 Å². The van der Waals surface area contributed by atoms with Crippen LogP contribution in [0.1, 0.15) is 16.8 Å². The van der Waals surface area contributed by atoms with Crippen molar-refractivity contribution in [1.82, 2.24) is 14.9 Å². The molecule has 7 heteroatoms. The zero-order valence-corrected chi connectivity index (χ0v) is 14.8. The molecule has 5 rings (SSSR count). The zero-order chi connectivity index (χ0) is 17.5. The molecule has 3 aromatic rings. The summed E-state index contributed by atoms with van der Waals surface area (Å²) >= 11 is 1.58. The SMILES string of the molecule is O=c1[nH]c(-c2cccs2)nc2c1CN(Cc1cccc3c1OCO3)CC2. The Balaban J connectivity index is 1.41. The summed E-state index contributed by atoms with van der Waals surface area (Å²) in [4.78, 5) is 23.5. The van der Waals surface area contributed by atoms with E-state index in [-0.39, 0.29) is 12.4 Å². The van der Waals surface area contributed by atoms with E-state index in [0.29, 0.717) is 12.4 Å². The van der Waals surface area contributed by atoms with Gasteiger partial charge >= 0.3 is 0 Å². The third-order valence-corrected chi connectivity index (χ3v) is 5.65. The van der Waals surface area contributed by atoms with E-state index >= 15 is 0 Å². The molecule has 0 amide bonds. The number of aromatic nitrogens is 2. The van der Waals surface area contributed by atoms with Crippen molar-refractivity contribution in [2.45, 2.75) is 19.5 Å². The van der Waals surface area contributed by atoms with Gasteiger partial charge < -0.3 is 14.5 Å². The first kappa shape index (κ1) is 15.6. The molecule has 0 unspecified atom stereocenters. The lowest BCUT2D eigenvalue weighted by Gasteiger charge is -2.28. The molecule has 6 nitrogen and oxygen atoms in total. The second kappa shape index (κ2) is 6.26. The number of para-hydroxylation sites is 1. The normalized spacial score (nSPS) is 15.8. The van der Waals surface area contributed by atoms with E-state index in [0.717, 1.165) is 52.7 Å². The first-order valence-electron chi connectivity index (χ1n) is 8.54. The van der Waals surface area contributed by atoms with Gasteiger partial charge in [0.05, 0.1) is 16.1 Å². The van der Waals surface area contributed by atoms with Crippen LogP contribution in [-0.2, 0) is 19.5 Å². The van der Waals surface area contributed by atoms with Crippen LogP contribution >= 0.6 is 11.3 Å². The molecule has 0 saturated carbocycles. The predicted octanol–water partition coefficient (Wildman–Crippen LogP) is 2.79. The van der Waals surface area contributed by atoms with Crippen LogP contribution in [-0.4, -0.2) is 28.2 Å². The number of benzene rings is 1. The van der Waals surface area contributed by atoms with Gasteiger partial charge in [-0.2, -0.15) is 0 Å². The molecular formula is C19H17N3O3S. The first-order chi connectivity index (χ1) is 12.8. The Morgan fingerprint density at radius 3 is 3.08 bits per heavy atom. The monoisotopic (exact) mass is 367 g/mol. The molecular weight excluding hydrogens is 350 g/mol. The van der Waals surface area contributed by atoms with Crippen molar-refractivity contribution in [1.29, 1.82) is 0 Å². The molecule has 4 heterocycles. The van der Waals surface area contributed by atoms with Crippen LogP contribution in [0.25, 0.3) is 10.7 Å². The highest BCUT2D eigenvalue weighted by Crippen LogP contribution is 2.36. The van der Waals surface area contributed by atoms with Gasteiger partial charge in [-0.3, -0.25) is 9.69 Å². The van der Waals surface area contributed by atoms with E-state index in [4.69, 9.17) is 14.5 Å². The van der Waals surface area contributed by atoms with Crippen LogP contribution in [0.3, 0.4) is 0 Å². The minimum atomic E-state index is -0.0408. The lowest BCUT2D eigenvalue weighted by Crippen LogP contribution is -2.35. The molecule has 2 aliphatic rings. The molecule has 0 aliphatic carbocycles. The van der Waals surface area contributed by atoms with E-state index in [1.54, 1.807) is 11.3 Å². The van der Waals surface area contributed by atoms with Gasteiger partial charge in [0, 0.05) is 31.6 Å². The highest BCUT2D eigenvalue weighted by molar-refractivity contribution is 7.13. The number of aromatic amines is 1. The number of ether oxygens (including phenoxy) is 2. The average Bonchev–Trinajstić information content (AvgIpc) is 3.34. The van der Waals surface area contributed by atoms with Crippen LogP contribution in [0.2, 0.25) is 0 Å². The van der Waals surface area contributed by atoms with Gasteiger partial charge in [-0.05, 0) is 17.5 Å². The van der Waals surface area contributed by atoms with Crippen molar-refractivity contribution in [3.8, 4) is 22.2 Å². The van der Waals surface area contributed by atoms with Gasteiger partial charge in [0.15, 0.2) is 17.3 Å². The summed E-state index contributed by atoms with van der Waals surface area (Å²) < 4.78 is 11.0. The number of thiophene rings is 1. The first-order valence-corrected chi connectivity index (χ1v) is 9.42. The predicted molar refractivity (Wildman–Crippen MR) is 98.6 cm³/mol. The maximum absolute atomic E-state index is 12.6. The molecule has 0 bridgehead atoms. The Hall–Kier alpha value is -2.64.